The van der Waals surface area contributed by atoms with Crippen molar-refractivity contribution in [3.05, 3.63) is 17.3 Å². The average molecular weight is 223 g/mol. The van der Waals surface area contributed by atoms with Gasteiger partial charge in [0.15, 0.2) is 10.8 Å². The lowest BCUT2D eigenvalue weighted by molar-refractivity contribution is 0.402. The lowest BCUT2D eigenvalue weighted by atomic mass is 9.85. The van der Waals surface area contributed by atoms with Crippen LogP contribution in [0.1, 0.15) is 31.0 Å². The Morgan fingerprint density at radius 3 is 2.87 bits per heavy atom. The fraction of sp³-hybridized carbons (Fsp3) is 0.500. The summed E-state index contributed by atoms with van der Waals surface area (Å²) in [5.41, 5.74) is 1.53. The van der Waals surface area contributed by atoms with Crippen molar-refractivity contribution < 1.29 is 0 Å². The normalized spacial score (nSPS) is 16.9. The van der Waals surface area contributed by atoms with Gasteiger partial charge in [-0.15, -0.1) is 0 Å². The first-order valence-electron chi connectivity index (χ1n) is 5.10. The quantitative estimate of drug-likeness (QED) is 0.696. The molecule has 1 fully saturated rings. The molecule has 2 aromatic heterocycles. The third-order valence-corrected chi connectivity index (χ3v) is 3.28. The Hall–Kier alpha value is -1.16. The first kappa shape index (κ1) is 9.09. The van der Waals surface area contributed by atoms with E-state index in [1.165, 1.54) is 19.3 Å². The molecule has 78 valence electrons. The van der Waals surface area contributed by atoms with Crippen molar-refractivity contribution in [1.29, 1.82) is 0 Å². The first-order valence-corrected chi connectivity index (χ1v) is 5.48. The highest BCUT2D eigenvalue weighted by molar-refractivity contribution is 6.33. The van der Waals surface area contributed by atoms with Crippen LogP contribution in [-0.2, 0) is 7.05 Å². The van der Waals surface area contributed by atoms with E-state index in [-0.39, 0.29) is 0 Å². The molecule has 4 nitrogen and oxygen atoms in total. The number of aryl methyl sites for hydroxylation is 1. The molecule has 2 heterocycles. The Bertz CT molecular complexity index is 515. The van der Waals surface area contributed by atoms with Crippen LogP contribution in [-0.4, -0.2) is 19.5 Å². The van der Waals surface area contributed by atoms with Gasteiger partial charge in [0.1, 0.15) is 11.3 Å². The van der Waals surface area contributed by atoms with Crippen LogP contribution >= 0.6 is 11.6 Å². The predicted octanol–water partition coefficient (Wildman–Crippen LogP) is 2.28. The molecule has 1 aliphatic carbocycles. The summed E-state index contributed by atoms with van der Waals surface area (Å²) in [5, 5.41) is 0.516. The number of rotatable bonds is 1. The van der Waals surface area contributed by atoms with Crippen molar-refractivity contribution in [2.75, 3.05) is 0 Å². The van der Waals surface area contributed by atoms with Gasteiger partial charge in [0, 0.05) is 13.0 Å². The number of halogens is 1. The third-order valence-electron chi connectivity index (χ3n) is 3.02. The Kier molecular flexibility index (Phi) is 1.92. The predicted molar refractivity (Wildman–Crippen MR) is 57.9 cm³/mol. The minimum atomic E-state index is 0.494. The minimum Gasteiger partial charge on any atom is -0.330 e. The molecule has 0 N–H and O–H groups in total. The van der Waals surface area contributed by atoms with Crippen LogP contribution in [0.2, 0.25) is 5.15 Å². The van der Waals surface area contributed by atoms with E-state index in [9.17, 15) is 0 Å². The fourth-order valence-corrected chi connectivity index (χ4v) is 2.18. The second-order valence-electron chi connectivity index (χ2n) is 4.03. The van der Waals surface area contributed by atoms with Crippen molar-refractivity contribution in [2.24, 2.45) is 7.05 Å². The van der Waals surface area contributed by atoms with Crippen molar-refractivity contribution in [3.63, 3.8) is 0 Å². The lowest BCUT2D eigenvalue weighted by Crippen LogP contribution is -2.13. The zero-order valence-corrected chi connectivity index (χ0v) is 9.20. The minimum absolute atomic E-state index is 0.494. The van der Waals surface area contributed by atoms with Crippen LogP contribution in [0.5, 0.6) is 0 Å². The van der Waals surface area contributed by atoms with Gasteiger partial charge < -0.3 is 4.57 Å². The molecule has 0 amide bonds. The summed E-state index contributed by atoms with van der Waals surface area (Å²) in [7, 11) is 1.90. The molecule has 0 saturated heterocycles. The maximum atomic E-state index is 6.12. The number of fused-ring (bicyclic) bond motifs is 1. The summed E-state index contributed by atoms with van der Waals surface area (Å²) >= 11 is 6.12. The van der Waals surface area contributed by atoms with Gasteiger partial charge >= 0.3 is 0 Å². The number of aromatic nitrogens is 4. The largest absolute Gasteiger partial charge is 0.330 e. The molecule has 0 unspecified atom stereocenters. The molecule has 2 aromatic rings. The highest BCUT2D eigenvalue weighted by Crippen LogP contribution is 2.35. The molecule has 15 heavy (non-hydrogen) atoms. The molecule has 0 atom stereocenters. The summed E-state index contributed by atoms with van der Waals surface area (Å²) < 4.78 is 1.85. The molecule has 0 spiro atoms. The van der Waals surface area contributed by atoms with Crippen molar-refractivity contribution in [1.82, 2.24) is 19.5 Å². The molecule has 0 bridgehead atoms. The maximum Gasteiger partial charge on any atom is 0.182 e. The van der Waals surface area contributed by atoms with Gasteiger partial charge in [0.2, 0.25) is 0 Å². The SMILES string of the molecule is Cn1cnc2nc(C3CCC3)nc(Cl)c21. The van der Waals surface area contributed by atoms with E-state index in [1.807, 2.05) is 11.6 Å². The van der Waals surface area contributed by atoms with Crippen LogP contribution in [0.4, 0.5) is 0 Å². The zero-order chi connectivity index (χ0) is 10.4. The smallest absolute Gasteiger partial charge is 0.182 e. The zero-order valence-electron chi connectivity index (χ0n) is 8.44. The molecule has 1 saturated carbocycles. The monoisotopic (exact) mass is 222 g/mol. The van der Waals surface area contributed by atoms with Crippen LogP contribution < -0.4 is 0 Å². The average Bonchev–Trinajstić information content (AvgIpc) is 2.44. The lowest BCUT2D eigenvalue weighted by Gasteiger charge is -2.23. The molecule has 5 heteroatoms. The van der Waals surface area contributed by atoms with Crippen molar-refractivity contribution in [3.8, 4) is 0 Å². The Morgan fingerprint density at radius 2 is 2.20 bits per heavy atom. The molecule has 0 radical (unpaired) electrons. The van der Waals surface area contributed by atoms with Gasteiger partial charge in [-0.1, -0.05) is 18.0 Å². The molecule has 0 aromatic carbocycles. The van der Waals surface area contributed by atoms with E-state index < -0.39 is 0 Å². The van der Waals surface area contributed by atoms with E-state index in [1.54, 1.807) is 6.33 Å². The topological polar surface area (TPSA) is 43.6 Å². The summed E-state index contributed by atoms with van der Waals surface area (Å²) in [6.45, 7) is 0. The highest BCUT2D eigenvalue weighted by atomic mass is 35.5. The van der Waals surface area contributed by atoms with Crippen LogP contribution in [0.3, 0.4) is 0 Å². The number of imidazole rings is 1. The summed E-state index contributed by atoms with van der Waals surface area (Å²) in [4.78, 5) is 13.0. The Balaban J connectivity index is 2.18. The fourth-order valence-electron chi connectivity index (χ4n) is 1.87. The second-order valence-corrected chi connectivity index (χ2v) is 4.39. The van der Waals surface area contributed by atoms with Gasteiger partial charge in [0.25, 0.3) is 0 Å². The summed E-state index contributed by atoms with van der Waals surface area (Å²) in [5.74, 6) is 1.35. The van der Waals surface area contributed by atoms with Crippen LogP contribution in [0, 0.1) is 0 Å². The molecular weight excluding hydrogens is 212 g/mol. The number of hydrogen-bond acceptors (Lipinski definition) is 3. The highest BCUT2D eigenvalue weighted by Gasteiger charge is 2.24. The Labute approximate surface area is 92.3 Å². The van der Waals surface area contributed by atoms with E-state index in [2.05, 4.69) is 15.0 Å². The van der Waals surface area contributed by atoms with Gasteiger partial charge in [-0.2, -0.15) is 0 Å². The van der Waals surface area contributed by atoms with E-state index in [0.717, 1.165) is 11.3 Å². The summed E-state index contributed by atoms with van der Waals surface area (Å²) in [6, 6.07) is 0. The van der Waals surface area contributed by atoms with Crippen molar-refractivity contribution in [2.45, 2.75) is 25.2 Å². The van der Waals surface area contributed by atoms with Crippen LogP contribution in [0.15, 0.2) is 6.33 Å². The standard InChI is InChI=1S/C10H11ClN4/c1-15-5-12-10-7(15)8(11)13-9(14-10)6-3-2-4-6/h5-6H,2-4H2,1H3. The molecular formula is C10H11ClN4. The number of hydrogen-bond donors (Lipinski definition) is 0. The van der Waals surface area contributed by atoms with E-state index >= 15 is 0 Å². The van der Waals surface area contributed by atoms with Crippen molar-refractivity contribution >= 4 is 22.8 Å². The molecule has 3 rings (SSSR count). The molecule has 0 aliphatic heterocycles. The Morgan fingerprint density at radius 1 is 1.40 bits per heavy atom. The number of nitrogens with zero attached hydrogens (tertiary/aromatic N) is 4. The maximum absolute atomic E-state index is 6.12. The van der Waals surface area contributed by atoms with Gasteiger partial charge in [-0.05, 0) is 12.8 Å². The van der Waals surface area contributed by atoms with E-state index in [0.29, 0.717) is 16.7 Å². The first-order chi connectivity index (χ1) is 7.25. The third kappa shape index (κ3) is 1.32. The van der Waals surface area contributed by atoms with Gasteiger partial charge in [-0.25, -0.2) is 15.0 Å². The second kappa shape index (κ2) is 3.17. The van der Waals surface area contributed by atoms with Gasteiger partial charge in [-0.3, -0.25) is 0 Å². The summed E-state index contributed by atoms with van der Waals surface area (Å²) in [6.07, 6.45) is 5.34. The van der Waals surface area contributed by atoms with Crippen LogP contribution in [0.25, 0.3) is 11.2 Å². The molecule has 1 aliphatic rings. The van der Waals surface area contributed by atoms with Gasteiger partial charge in [0.05, 0.1) is 6.33 Å². The van der Waals surface area contributed by atoms with E-state index in [4.69, 9.17) is 11.6 Å².